The second-order valence-corrected chi connectivity index (χ2v) is 6.27. The van der Waals surface area contributed by atoms with E-state index >= 15 is 0 Å². The normalized spacial score (nSPS) is 11.2. The van der Waals surface area contributed by atoms with Crippen LogP contribution in [0.1, 0.15) is 0 Å². The Bertz CT molecular complexity index is 676. The van der Waals surface area contributed by atoms with Crippen LogP contribution in [0.5, 0.6) is 0 Å². The van der Waals surface area contributed by atoms with E-state index in [4.69, 9.17) is 11.6 Å². The second kappa shape index (κ2) is 5.26. The summed E-state index contributed by atoms with van der Waals surface area (Å²) in [6, 6.07) is 11.2. The summed E-state index contributed by atoms with van der Waals surface area (Å²) in [5.74, 6) is 0.179. The predicted molar refractivity (Wildman–Crippen MR) is 74.2 cm³/mol. The van der Waals surface area contributed by atoms with Crippen LogP contribution in [0, 0.1) is 0 Å². The number of pyridine rings is 1. The number of sulfonamides is 1. The highest BCUT2D eigenvalue weighted by atomic mass is 79.9. The maximum absolute atomic E-state index is 12.1. The van der Waals surface area contributed by atoms with Gasteiger partial charge >= 0.3 is 0 Å². The van der Waals surface area contributed by atoms with Gasteiger partial charge in [-0.1, -0.05) is 29.8 Å². The summed E-state index contributed by atoms with van der Waals surface area (Å²) in [6.45, 7) is 0. The van der Waals surface area contributed by atoms with Gasteiger partial charge < -0.3 is 0 Å². The van der Waals surface area contributed by atoms with Crippen molar-refractivity contribution in [3.63, 3.8) is 0 Å². The van der Waals surface area contributed by atoms with Crippen molar-refractivity contribution in [2.75, 3.05) is 4.72 Å². The summed E-state index contributed by atoms with van der Waals surface area (Å²) in [5.41, 5.74) is 0. The smallest absolute Gasteiger partial charge is 0.263 e. The lowest BCUT2D eigenvalue weighted by Gasteiger charge is -2.08. The molecule has 0 saturated heterocycles. The van der Waals surface area contributed by atoms with Crippen molar-refractivity contribution in [3.05, 3.63) is 52.1 Å². The topological polar surface area (TPSA) is 59.1 Å². The van der Waals surface area contributed by atoms with Crippen LogP contribution in [-0.4, -0.2) is 13.4 Å². The number of anilines is 1. The third kappa shape index (κ3) is 3.01. The molecule has 0 aliphatic heterocycles. The van der Waals surface area contributed by atoms with Crippen LogP contribution in [0.4, 0.5) is 5.82 Å². The highest BCUT2D eigenvalue weighted by Gasteiger charge is 2.17. The van der Waals surface area contributed by atoms with E-state index in [1.54, 1.807) is 30.3 Å². The molecule has 0 aliphatic rings. The summed E-state index contributed by atoms with van der Waals surface area (Å²) < 4.78 is 27.1. The molecule has 2 aromatic rings. The van der Waals surface area contributed by atoms with Crippen molar-refractivity contribution in [1.82, 2.24) is 4.98 Å². The Morgan fingerprint density at radius 3 is 2.50 bits per heavy atom. The van der Waals surface area contributed by atoms with Crippen molar-refractivity contribution < 1.29 is 8.42 Å². The minimum absolute atomic E-state index is 0.145. The van der Waals surface area contributed by atoms with Gasteiger partial charge in [0.2, 0.25) is 0 Å². The van der Waals surface area contributed by atoms with Gasteiger partial charge in [-0.25, -0.2) is 13.4 Å². The van der Waals surface area contributed by atoms with Crippen LogP contribution < -0.4 is 4.72 Å². The van der Waals surface area contributed by atoms with Crippen LogP contribution in [0.15, 0.2) is 51.8 Å². The Morgan fingerprint density at radius 1 is 1.11 bits per heavy atom. The van der Waals surface area contributed by atoms with Crippen molar-refractivity contribution in [2.24, 2.45) is 0 Å². The maximum Gasteiger partial charge on any atom is 0.264 e. The van der Waals surface area contributed by atoms with Crippen LogP contribution in [0.2, 0.25) is 5.15 Å². The molecular formula is C11H8BrClN2O2S. The molecule has 1 aromatic carbocycles. The molecule has 0 amide bonds. The molecule has 7 heteroatoms. The lowest BCUT2D eigenvalue weighted by Crippen LogP contribution is -2.14. The first kappa shape index (κ1) is 13.3. The van der Waals surface area contributed by atoms with Gasteiger partial charge in [-0.2, -0.15) is 0 Å². The fourth-order valence-corrected chi connectivity index (χ4v) is 3.49. The van der Waals surface area contributed by atoms with Gasteiger partial charge in [0.15, 0.2) is 0 Å². The van der Waals surface area contributed by atoms with Crippen molar-refractivity contribution in [2.45, 2.75) is 4.90 Å². The SMILES string of the molecule is O=S(=O)(Nc1cccc(Cl)n1)c1ccccc1Br. The first-order valence-electron chi connectivity index (χ1n) is 4.89. The molecule has 94 valence electrons. The van der Waals surface area contributed by atoms with Gasteiger partial charge in [-0.15, -0.1) is 0 Å². The highest BCUT2D eigenvalue weighted by Crippen LogP contribution is 2.23. The number of nitrogens with one attached hydrogen (secondary N) is 1. The van der Waals surface area contributed by atoms with Crippen LogP contribution in [0.25, 0.3) is 0 Å². The molecule has 0 unspecified atom stereocenters. The third-order valence-corrected chi connectivity index (χ3v) is 4.66. The summed E-state index contributed by atoms with van der Waals surface area (Å²) in [4.78, 5) is 4.02. The minimum Gasteiger partial charge on any atom is -0.263 e. The Morgan fingerprint density at radius 2 is 1.83 bits per heavy atom. The van der Waals surface area contributed by atoms with E-state index in [1.807, 2.05) is 0 Å². The van der Waals surface area contributed by atoms with E-state index in [-0.39, 0.29) is 15.9 Å². The van der Waals surface area contributed by atoms with Crippen LogP contribution >= 0.6 is 27.5 Å². The zero-order valence-electron chi connectivity index (χ0n) is 8.97. The van der Waals surface area contributed by atoms with Gasteiger partial charge in [0, 0.05) is 4.47 Å². The third-order valence-electron chi connectivity index (χ3n) is 2.08. The van der Waals surface area contributed by atoms with E-state index < -0.39 is 10.0 Å². The van der Waals surface area contributed by atoms with E-state index in [2.05, 4.69) is 25.6 Å². The monoisotopic (exact) mass is 346 g/mol. The number of hydrogen-bond acceptors (Lipinski definition) is 3. The largest absolute Gasteiger partial charge is 0.264 e. The Hall–Kier alpha value is -1.11. The Labute approximate surface area is 118 Å². The molecule has 2 rings (SSSR count). The van der Waals surface area contributed by atoms with Crippen molar-refractivity contribution >= 4 is 43.4 Å². The molecule has 1 N–H and O–H groups in total. The minimum atomic E-state index is -3.68. The lowest BCUT2D eigenvalue weighted by atomic mass is 10.4. The fourth-order valence-electron chi connectivity index (χ4n) is 1.32. The summed E-state index contributed by atoms with van der Waals surface area (Å²) in [7, 11) is -3.68. The van der Waals surface area contributed by atoms with Gasteiger partial charge in [0.05, 0.1) is 0 Å². The highest BCUT2D eigenvalue weighted by molar-refractivity contribution is 9.10. The molecular weight excluding hydrogens is 340 g/mol. The van der Waals surface area contributed by atoms with Gasteiger partial charge in [-0.05, 0) is 40.2 Å². The van der Waals surface area contributed by atoms with E-state index in [0.717, 1.165) is 0 Å². The Balaban J connectivity index is 2.37. The fraction of sp³-hybridized carbons (Fsp3) is 0. The van der Waals surface area contributed by atoms with Gasteiger partial charge in [0.25, 0.3) is 10.0 Å². The first-order chi connectivity index (χ1) is 8.49. The second-order valence-electron chi connectivity index (χ2n) is 3.38. The quantitative estimate of drug-likeness (QED) is 0.867. The number of nitrogens with zero attached hydrogens (tertiary/aromatic N) is 1. The predicted octanol–water partition coefficient (Wildman–Crippen LogP) is 3.30. The standard InChI is InChI=1S/C11H8BrClN2O2S/c12-8-4-1-2-5-9(8)18(16,17)15-11-7-3-6-10(13)14-11/h1-7H,(H,14,15). The van der Waals surface area contributed by atoms with Crippen molar-refractivity contribution in [1.29, 1.82) is 0 Å². The maximum atomic E-state index is 12.1. The molecule has 0 radical (unpaired) electrons. The van der Waals surface area contributed by atoms with E-state index in [0.29, 0.717) is 4.47 Å². The number of aromatic nitrogens is 1. The summed E-state index contributed by atoms with van der Waals surface area (Å²) >= 11 is 8.89. The average molecular weight is 348 g/mol. The molecule has 0 saturated carbocycles. The first-order valence-corrected chi connectivity index (χ1v) is 7.54. The molecule has 0 bridgehead atoms. The molecule has 0 aliphatic carbocycles. The lowest BCUT2D eigenvalue weighted by molar-refractivity contribution is 0.600. The molecule has 0 atom stereocenters. The zero-order chi connectivity index (χ0) is 13.2. The summed E-state index contributed by atoms with van der Waals surface area (Å²) in [6.07, 6.45) is 0. The van der Waals surface area contributed by atoms with E-state index in [1.165, 1.54) is 12.1 Å². The number of benzene rings is 1. The molecule has 1 aromatic heterocycles. The number of halogens is 2. The number of rotatable bonds is 3. The van der Waals surface area contributed by atoms with Crippen molar-refractivity contribution in [3.8, 4) is 0 Å². The molecule has 4 nitrogen and oxygen atoms in total. The average Bonchev–Trinajstić information content (AvgIpc) is 2.28. The van der Waals surface area contributed by atoms with Gasteiger partial charge in [0.1, 0.15) is 15.9 Å². The molecule has 0 spiro atoms. The van der Waals surface area contributed by atoms with Crippen LogP contribution in [-0.2, 0) is 10.0 Å². The van der Waals surface area contributed by atoms with Crippen LogP contribution in [0.3, 0.4) is 0 Å². The van der Waals surface area contributed by atoms with E-state index in [9.17, 15) is 8.42 Å². The zero-order valence-corrected chi connectivity index (χ0v) is 12.1. The number of hydrogen-bond donors (Lipinski definition) is 1. The molecule has 18 heavy (non-hydrogen) atoms. The molecule has 1 heterocycles. The van der Waals surface area contributed by atoms with Gasteiger partial charge in [-0.3, -0.25) is 4.72 Å². The molecule has 0 fully saturated rings. The Kier molecular flexibility index (Phi) is 3.89. The summed E-state index contributed by atoms with van der Waals surface area (Å²) in [5, 5.41) is 0.224.